The molecule has 11 heteroatoms. The molecule has 0 aliphatic carbocycles. The number of carbonyl (C=O) groups is 2. The molecule has 0 heterocycles. The maximum Gasteiger partial charge on any atom is 0.432 e. The summed E-state index contributed by atoms with van der Waals surface area (Å²) in [6.45, 7) is 0.945. The monoisotopic (exact) mass is 446 g/mol. The van der Waals surface area contributed by atoms with E-state index in [-0.39, 0.29) is 18.0 Å². The lowest BCUT2D eigenvalue weighted by molar-refractivity contribution is -0.267. The van der Waals surface area contributed by atoms with Crippen LogP contribution in [0.2, 0.25) is 5.02 Å². The zero-order chi connectivity index (χ0) is 22.5. The number of methoxy groups -OCH3 is 1. The summed E-state index contributed by atoms with van der Waals surface area (Å²) in [6.07, 6.45) is -5.36. The minimum atomic E-state index is -5.36. The van der Waals surface area contributed by atoms with Crippen molar-refractivity contribution in [3.8, 4) is 5.75 Å². The normalized spacial score (nSPS) is 13.2. The number of carbonyl (C=O) groups excluding carboxylic acids is 2. The second kappa shape index (κ2) is 9.23. The van der Waals surface area contributed by atoms with Crippen molar-refractivity contribution < 1.29 is 37.3 Å². The summed E-state index contributed by atoms with van der Waals surface area (Å²) in [4.78, 5) is 24.0. The van der Waals surface area contributed by atoms with Gasteiger partial charge in [-0.1, -0.05) is 17.7 Å². The van der Waals surface area contributed by atoms with Gasteiger partial charge in [-0.25, -0.2) is 9.59 Å². The number of anilines is 2. The number of aliphatic hydroxyl groups is 1. The van der Waals surface area contributed by atoms with Crippen molar-refractivity contribution in [1.29, 1.82) is 0 Å². The fraction of sp³-hybridized carbons (Fsp3) is 0.263. The second-order valence-corrected chi connectivity index (χ2v) is 6.37. The Morgan fingerprint density at radius 1 is 1.10 bits per heavy atom. The summed E-state index contributed by atoms with van der Waals surface area (Å²) in [5.74, 6) is -2.09. The largest absolute Gasteiger partial charge is 0.495 e. The van der Waals surface area contributed by atoms with Crippen molar-refractivity contribution in [2.45, 2.75) is 18.7 Å². The number of ether oxygens (including phenoxy) is 2. The van der Waals surface area contributed by atoms with Crippen molar-refractivity contribution in [2.75, 3.05) is 24.4 Å². The van der Waals surface area contributed by atoms with Gasteiger partial charge in [-0.15, -0.1) is 0 Å². The van der Waals surface area contributed by atoms with Crippen molar-refractivity contribution >= 4 is 35.0 Å². The summed E-state index contributed by atoms with van der Waals surface area (Å²) in [7, 11) is 1.15. The van der Waals surface area contributed by atoms with Gasteiger partial charge in [-0.3, -0.25) is 0 Å². The molecule has 0 unspecified atom stereocenters. The number of rotatable bonds is 6. The number of amides is 2. The van der Waals surface area contributed by atoms with Gasteiger partial charge in [-0.2, -0.15) is 13.2 Å². The molecule has 0 aromatic heterocycles. The fourth-order valence-corrected chi connectivity index (χ4v) is 2.60. The summed E-state index contributed by atoms with van der Waals surface area (Å²) >= 11 is 5.76. The van der Waals surface area contributed by atoms with E-state index in [0.717, 1.165) is 25.3 Å². The molecule has 0 saturated heterocycles. The van der Waals surface area contributed by atoms with Crippen molar-refractivity contribution in [3.63, 3.8) is 0 Å². The lowest BCUT2D eigenvalue weighted by atomic mass is 9.92. The molecule has 2 amide bonds. The van der Waals surface area contributed by atoms with Gasteiger partial charge in [0.05, 0.1) is 19.4 Å². The van der Waals surface area contributed by atoms with E-state index in [1.165, 1.54) is 6.92 Å². The molecular weight excluding hydrogens is 429 g/mol. The van der Waals surface area contributed by atoms with Gasteiger partial charge < -0.3 is 25.2 Å². The summed E-state index contributed by atoms with van der Waals surface area (Å²) < 4.78 is 49.9. The molecule has 0 spiro atoms. The molecule has 0 aliphatic rings. The van der Waals surface area contributed by atoms with E-state index in [2.05, 4.69) is 15.4 Å². The molecule has 2 aromatic rings. The highest BCUT2D eigenvalue weighted by molar-refractivity contribution is 6.30. The van der Waals surface area contributed by atoms with E-state index in [9.17, 15) is 27.9 Å². The number of halogens is 4. The maximum atomic E-state index is 13.5. The van der Waals surface area contributed by atoms with Crippen LogP contribution in [0.3, 0.4) is 0 Å². The van der Waals surface area contributed by atoms with Crippen LogP contribution in [0.25, 0.3) is 0 Å². The minimum absolute atomic E-state index is 0.00102. The Morgan fingerprint density at radius 2 is 1.73 bits per heavy atom. The molecule has 3 N–H and O–H groups in total. The first kappa shape index (κ1) is 23.3. The van der Waals surface area contributed by atoms with E-state index < -0.39 is 29.3 Å². The van der Waals surface area contributed by atoms with Crippen LogP contribution >= 0.6 is 11.6 Å². The smallest absolute Gasteiger partial charge is 0.432 e. The molecule has 30 heavy (non-hydrogen) atoms. The summed E-state index contributed by atoms with van der Waals surface area (Å²) in [5, 5.41) is 15.5. The number of urea groups is 1. The first-order valence-corrected chi connectivity index (χ1v) is 8.89. The van der Waals surface area contributed by atoms with E-state index in [0.29, 0.717) is 10.7 Å². The standard InChI is InChI=1S/C19H18ClF3N2O5/c1-3-30-16(26)18(28,19(21,22)23)11-4-9-14(15(10-11)29-2)25-17(27)24-13-7-5-12(20)6-8-13/h4-10,28H,3H2,1-2H3,(H2,24,25,27)/t18-/m1/s1. The predicted octanol–water partition coefficient (Wildman–Crippen LogP) is 4.31. The number of esters is 1. The number of alkyl halides is 3. The van der Waals surface area contributed by atoms with Crippen molar-refractivity contribution in [2.24, 2.45) is 0 Å². The summed E-state index contributed by atoms with van der Waals surface area (Å²) in [5.41, 5.74) is -4.31. The molecule has 7 nitrogen and oxygen atoms in total. The van der Waals surface area contributed by atoms with Gasteiger partial charge in [-0.05, 0) is 43.3 Å². The Hall–Kier alpha value is -2.98. The van der Waals surface area contributed by atoms with Crippen LogP contribution in [-0.4, -0.2) is 37.0 Å². The number of benzene rings is 2. The molecule has 2 aromatic carbocycles. The summed E-state index contributed by atoms with van der Waals surface area (Å²) in [6, 6.07) is 8.19. The minimum Gasteiger partial charge on any atom is -0.495 e. The third kappa shape index (κ3) is 4.95. The Balaban J connectivity index is 2.31. The van der Waals surface area contributed by atoms with Gasteiger partial charge in [0.2, 0.25) is 0 Å². The van der Waals surface area contributed by atoms with Gasteiger partial charge >= 0.3 is 18.2 Å². The van der Waals surface area contributed by atoms with Crippen LogP contribution in [0, 0.1) is 0 Å². The average molecular weight is 447 g/mol. The Labute approximate surface area is 174 Å². The third-order valence-corrected chi connectivity index (χ3v) is 4.20. The van der Waals surface area contributed by atoms with Crippen molar-refractivity contribution in [1.82, 2.24) is 0 Å². The maximum absolute atomic E-state index is 13.5. The first-order chi connectivity index (χ1) is 14.0. The molecule has 1 atom stereocenters. The highest BCUT2D eigenvalue weighted by atomic mass is 35.5. The lowest BCUT2D eigenvalue weighted by Gasteiger charge is -2.29. The topological polar surface area (TPSA) is 96.9 Å². The van der Waals surface area contributed by atoms with Crippen LogP contribution in [0.15, 0.2) is 42.5 Å². The SMILES string of the molecule is CCOC(=O)[C@](O)(c1ccc(NC(=O)Nc2ccc(Cl)cc2)c(OC)c1)C(F)(F)F. The molecule has 0 radical (unpaired) electrons. The Bertz CT molecular complexity index is 921. The number of nitrogens with one attached hydrogen (secondary N) is 2. The second-order valence-electron chi connectivity index (χ2n) is 5.93. The van der Waals surface area contributed by atoms with E-state index >= 15 is 0 Å². The van der Waals surface area contributed by atoms with Crippen LogP contribution in [0.4, 0.5) is 29.3 Å². The predicted molar refractivity (Wildman–Crippen MR) is 104 cm³/mol. The van der Waals surface area contributed by atoms with Crippen LogP contribution in [0.5, 0.6) is 5.75 Å². The van der Waals surface area contributed by atoms with Gasteiger partial charge in [0, 0.05) is 16.3 Å². The third-order valence-electron chi connectivity index (χ3n) is 3.95. The quantitative estimate of drug-likeness (QED) is 0.575. The first-order valence-electron chi connectivity index (χ1n) is 8.51. The Kier molecular flexibility index (Phi) is 7.16. The molecule has 0 fully saturated rings. The zero-order valence-electron chi connectivity index (χ0n) is 15.8. The van der Waals surface area contributed by atoms with Gasteiger partial charge in [0.15, 0.2) is 0 Å². The highest BCUT2D eigenvalue weighted by Crippen LogP contribution is 2.42. The molecule has 0 aliphatic heterocycles. The number of hydrogen-bond donors (Lipinski definition) is 3. The molecule has 0 saturated carbocycles. The average Bonchev–Trinajstić information content (AvgIpc) is 2.68. The zero-order valence-corrected chi connectivity index (χ0v) is 16.6. The van der Waals surface area contributed by atoms with E-state index in [1.54, 1.807) is 24.3 Å². The molecular formula is C19H18ClF3N2O5. The Morgan fingerprint density at radius 3 is 2.27 bits per heavy atom. The molecule has 0 bridgehead atoms. The molecule has 2 rings (SSSR count). The van der Waals surface area contributed by atoms with E-state index in [1.807, 2.05) is 0 Å². The highest BCUT2D eigenvalue weighted by Gasteiger charge is 2.62. The fourth-order valence-electron chi connectivity index (χ4n) is 2.47. The van der Waals surface area contributed by atoms with Crippen LogP contribution < -0.4 is 15.4 Å². The van der Waals surface area contributed by atoms with E-state index in [4.69, 9.17) is 16.3 Å². The van der Waals surface area contributed by atoms with Gasteiger partial charge in [0.1, 0.15) is 5.75 Å². The number of hydrogen-bond acceptors (Lipinski definition) is 5. The lowest BCUT2D eigenvalue weighted by Crippen LogP contribution is -2.50. The van der Waals surface area contributed by atoms with Crippen molar-refractivity contribution in [3.05, 3.63) is 53.1 Å². The van der Waals surface area contributed by atoms with Crippen LogP contribution in [-0.2, 0) is 15.1 Å². The van der Waals surface area contributed by atoms with Crippen LogP contribution in [0.1, 0.15) is 12.5 Å². The molecule has 162 valence electrons. The van der Waals surface area contributed by atoms with Gasteiger partial charge in [0.25, 0.3) is 5.60 Å².